The maximum atomic E-state index is 13.4. The lowest BCUT2D eigenvalue weighted by atomic mass is 10.1. The Balaban J connectivity index is 1.79. The molecule has 146 valence electrons. The third-order valence-corrected chi connectivity index (χ3v) is 6.14. The van der Waals surface area contributed by atoms with E-state index in [1.807, 2.05) is 66.9 Å². The molecule has 2 aromatic carbocycles. The van der Waals surface area contributed by atoms with E-state index >= 15 is 0 Å². The van der Waals surface area contributed by atoms with Gasteiger partial charge in [0.1, 0.15) is 0 Å². The summed E-state index contributed by atoms with van der Waals surface area (Å²) in [5.74, 6) is -0.205. The molecule has 0 aliphatic carbocycles. The Hall–Kier alpha value is -3.25. The molecular formula is C23H21N3O2S. The molecule has 0 aliphatic rings. The van der Waals surface area contributed by atoms with Gasteiger partial charge in [0, 0.05) is 17.3 Å². The molecule has 5 nitrogen and oxygen atoms in total. The van der Waals surface area contributed by atoms with E-state index in [1.165, 1.54) is 4.68 Å². The lowest BCUT2D eigenvalue weighted by Crippen LogP contribution is -2.33. The predicted molar refractivity (Wildman–Crippen MR) is 116 cm³/mol. The number of amides is 1. The third-order valence-electron chi connectivity index (χ3n) is 5.10. The first kappa shape index (κ1) is 19.1. The number of benzene rings is 2. The fraction of sp³-hybridized carbons (Fsp3) is 0.174. The van der Waals surface area contributed by atoms with E-state index in [0.717, 1.165) is 10.4 Å². The van der Waals surface area contributed by atoms with Gasteiger partial charge in [-0.1, -0.05) is 54.6 Å². The summed E-state index contributed by atoms with van der Waals surface area (Å²) >= 11 is 1.61. The zero-order chi connectivity index (χ0) is 20.4. The molecule has 0 radical (unpaired) electrons. The smallest absolute Gasteiger partial charge is 0.275 e. The topological polar surface area (TPSA) is 55.2 Å². The van der Waals surface area contributed by atoms with E-state index in [2.05, 4.69) is 5.10 Å². The highest BCUT2D eigenvalue weighted by Gasteiger charge is 2.24. The minimum absolute atomic E-state index is 0.0856. The van der Waals surface area contributed by atoms with Crippen molar-refractivity contribution in [2.45, 2.75) is 19.5 Å². The fourth-order valence-corrected chi connectivity index (χ4v) is 4.15. The second kappa shape index (κ2) is 8.01. The van der Waals surface area contributed by atoms with Crippen molar-refractivity contribution in [1.82, 2.24) is 14.7 Å². The van der Waals surface area contributed by atoms with Crippen LogP contribution in [0.15, 0.2) is 76.9 Å². The maximum Gasteiger partial charge on any atom is 0.275 e. The van der Waals surface area contributed by atoms with Crippen LogP contribution in [0.5, 0.6) is 0 Å². The van der Waals surface area contributed by atoms with Crippen molar-refractivity contribution >= 4 is 28.0 Å². The van der Waals surface area contributed by atoms with Crippen molar-refractivity contribution in [2.75, 3.05) is 7.05 Å². The Morgan fingerprint density at radius 1 is 1.03 bits per heavy atom. The van der Waals surface area contributed by atoms with Gasteiger partial charge in [-0.15, -0.1) is 11.3 Å². The highest BCUT2D eigenvalue weighted by molar-refractivity contribution is 7.10. The number of hydrogen-bond acceptors (Lipinski definition) is 4. The molecule has 4 rings (SSSR count). The summed E-state index contributed by atoms with van der Waals surface area (Å²) < 4.78 is 1.38. The molecule has 2 heterocycles. The average molecular weight is 404 g/mol. The number of nitrogens with zero attached hydrogens (tertiary/aromatic N) is 3. The van der Waals surface area contributed by atoms with Crippen molar-refractivity contribution in [3.8, 4) is 0 Å². The molecule has 1 amide bonds. The SMILES string of the molecule is CC(c1cccs1)N(C)C(=O)c1nn(Cc2ccccc2)c(=O)c2ccccc12. The number of rotatable bonds is 5. The highest BCUT2D eigenvalue weighted by Crippen LogP contribution is 2.25. The van der Waals surface area contributed by atoms with E-state index in [1.54, 1.807) is 35.4 Å². The zero-order valence-corrected chi connectivity index (χ0v) is 17.1. The second-order valence-electron chi connectivity index (χ2n) is 6.95. The molecule has 2 aromatic heterocycles. The van der Waals surface area contributed by atoms with Crippen LogP contribution in [-0.4, -0.2) is 27.6 Å². The lowest BCUT2D eigenvalue weighted by molar-refractivity contribution is 0.0738. The number of fused-ring (bicyclic) bond motifs is 1. The van der Waals surface area contributed by atoms with Crippen LogP contribution in [0.1, 0.15) is 33.9 Å². The van der Waals surface area contributed by atoms with Crippen molar-refractivity contribution < 1.29 is 4.79 Å². The summed E-state index contributed by atoms with van der Waals surface area (Å²) in [5, 5.41) is 7.57. The molecule has 4 aromatic rings. The van der Waals surface area contributed by atoms with Gasteiger partial charge in [-0.3, -0.25) is 9.59 Å². The average Bonchev–Trinajstić information content (AvgIpc) is 3.30. The molecule has 0 saturated heterocycles. The van der Waals surface area contributed by atoms with E-state index in [9.17, 15) is 9.59 Å². The van der Waals surface area contributed by atoms with Gasteiger partial charge in [-0.2, -0.15) is 5.10 Å². The highest BCUT2D eigenvalue weighted by atomic mass is 32.1. The van der Waals surface area contributed by atoms with Crippen LogP contribution in [0.4, 0.5) is 0 Å². The fourth-order valence-electron chi connectivity index (χ4n) is 3.32. The number of hydrogen-bond donors (Lipinski definition) is 0. The van der Waals surface area contributed by atoms with Crippen LogP contribution in [-0.2, 0) is 6.54 Å². The van der Waals surface area contributed by atoms with Crippen LogP contribution < -0.4 is 5.56 Å². The van der Waals surface area contributed by atoms with Gasteiger partial charge >= 0.3 is 0 Å². The Morgan fingerprint density at radius 3 is 2.41 bits per heavy atom. The van der Waals surface area contributed by atoms with E-state index in [-0.39, 0.29) is 17.5 Å². The van der Waals surface area contributed by atoms with Gasteiger partial charge in [0.25, 0.3) is 11.5 Å². The van der Waals surface area contributed by atoms with Crippen LogP contribution in [0.25, 0.3) is 10.8 Å². The summed E-state index contributed by atoms with van der Waals surface area (Å²) in [4.78, 5) is 29.1. The van der Waals surface area contributed by atoms with Gasteiger partial charge in [-0.25, -0.2) is 4.68 Å². The molecule has 0 fully saturated rings. The Morgan fingerprint density at radius 2 is 1.72 bits per heavy atom. The molecular weight excluding hydrogens is 382 g/mol. The Kier molecular flexibility index (Phi) is 5.27. The zero-order valence-electron chi connectivity index (χ0n) is 16.3. The van der Waals surface area contributed by atoms with E-state index in [0.29, 0.717) is 23.0 Å². The predicted octanol–water partition coefficient (Wildman–Crippen LogP) is 4.34. The molecule has 6 heteroatoms. The number of carbonyl (C=O) groups is 1. The normalized spacial score (nSPS) is 12.1. The summed E-state index contributed by atoms with van der Waals surface area (Å²) in [7, 11) is 1.77. The standard InChI is InChI=1S/C23H21N3O2S/c1-16(20-13-8-14-29-20)25(2)23(28)21-18-11-6-7-12-19(18)22(27)26(24-21)15-17-9-4-3-5-10-17/h3-14,16H,15H2,1-2H3. The molecule has 0 aliphatic heterocycles. The monoisotopic (exact) mass is 403 g/mol. The molecule has 0 bridgehead atoms. The van der Waals surface area contributed by atoms with Crippen LogP contribution in [0.3, 0.4) is 0 Å². The first-order valence-corrected chi connectivity index (χ1v) is 10.3. The first-order valence-electron chi connectivity index (χ1n) is 9.40. The Labute approximate surface area is 172 Å². The summed E-state index contributed by atoms with van der Waals surface area (Å²) in [6, 6.07) is 20.7. The summed E-state index contributed by atoms with van der Waals surface area (Å²) in [5.41, 5.74) is 1.05. The molecule has 0 spiro atoms. The molecule has 0 N–H and O–H groups in total. The second-order valence-corrected chi connectivity index (χ2v) is 7.93. The van der Waals surface area contributed by atoms with Crippen molar-refractivity contribution in [1.29, 1.82) is 0 Å². The van der Waals surface area contributed by atoms with E-state index < -0.39 is 0 Å². The van der Waals surface area contributed by atoms with Crippen LogP contribution >= 0.6 is 11.3 Å². The van der Waals surface area contributed by atoms with Crippen molar-refractivity contribution in [2.24, 2.45) is 0 Å². The van der Waals surface area contributed by atoms with Crippen LogP contribution in [0, 0.1) is 0 Å². The van der Waals surface area contributed by atoms with Gasteiger partial charge in [-0.05, 0) is 30.0 Å². The third kappa shape index (κ3) is 3.71. The summed E-state index contributed by atoms with van der Waals surface area (Å²) in [6.07, 6.45) is 0. The van der Waals surface area contributed by atoms with E-state index in [4.69, 9.17) is 0 Å². The number of thiophene rings is 1. The van der Waals surface area contributed by atoms with Gasteiger partial charge in [0.2, 0.25) is 0 Å². The molecule has 1 atom stereocenters. The molecule has 0 saturated carbocycles. The van der Waals surface area contributed by atoms with Gasteiger partial charge in [0.15, 0.2) is 5.69 Å². The van der Waals surface area contributed by atoms with Crippen LogP contribution in [0.2, 0.25) is 0 Å². The largest absolute Gasteiger partial charge is 0.333 e. The first-order chi connectivity index (χ1) is 14.1. The van der Waals surface area contributed by atoms with Gasteiger partial charge < -0.3 is 4.90 Å². The minimum atomic E-state index is -0.205. The number of carbonyl (C=O) groups excluding carboxylic acids is 1. The minimum Gasteiger partial charge on any atom is -0.333 e. The number of aromatic nitrogens is 2. The summed E-state index contributed by atoms with van der Waals surface area (Å²) in [6.45, 7) is 2.31. The lowest BCUT2D eigenvalue weighted by Gasteiger charge is -2.24. The van der Waals surface area contributed by atoms with Crippen molar-refractivity contribution in [3.05, 3.63) is 98.6 Å². The quantitative estimate of drug-likeness (QED) is 0.498. The van der Waals surface area contributed by atoms with Crippen molar-refractivity contribution in [3.63, 3.8) is 0 Å². The van der Waals surface area contributed by atoms with Gasteiger partial charge in [0.05, 0.1) is 18.0 Å². The molecule has 29 heavy (non-hydrogen) atoms. The maximum absolute atomic E-state index is 13.4. The molecule has 1 unspecified atom stereocenters. The Bertz CT molecular complexity index is 1200.